The lowest BCUT2D eigenvalue weighted by Crippen LogP contribution is -2.66. The summed E-state index contributed by atoms with van der Waals surface area (Å²) in [5.74, 6) is 0. The molecule has 0 radical (unpaired) electrons. The van der Waals surface area contributed by atoms with Crippen molar-refractivity contribution in [2.24, 2.45) is 0 Å². The highest BCUT2D eigenvalue weighted by Crippen LogP contribution is 2.37. The zero-order valence-electron chi connectivity index (χ0n) is 17.4. The van der Waals surface area contributed by atoms with Crippen LogP contribution in [0.1, 0.15) is 46.5 Å². The van der Waals surface area contributed by atoms with Crippen LogP contribution in [0.4, 0.5) is 0 Å². The van der Waals surface area contributed by atoms with E-state index < -0.39 is 8.32 Å². The van der Waals surface area contributed by atoms with Gasteiger partial charge < -0.3 is 9.16 Å². The van der Waals surface area contributed by atoms with E-state index in [0.717, 1.165) is 26.1 Å². The average Bonchev–Trinajstić information content (AvgIpc) is 3.23. The Morgan fingerprint density at radius 3 is 2.07 bits per heavy atom. The van der Waals surface area contributed by atoms with E-state index in [1.807, 2.05) is 0 Å². The van der Waals surface area contributed by atoms with E-state index >= 15 is 0 Å². The lowest BCUT2D eigenvalue weighted by Gasteiger charge is -2.43. The molecule has 0 spiro atoms. The molecule has 1 fully saturated rings. The first kappa shape index (κ1) is 22.0. The van der Waals surface area contributed by atoms with E-state index in [1.165, 1.54) is 23.2 Å². The molecule has 1 aliphatic rings. The largest absolute Gasteiger partial charge is 0.407 e. The Balaban J connectivity index is 1.80. The molecular weight excluding hydrogens is 475 g/mol. The van der Waals surface area contributed by atoms with Gasteiger partial charge in [-0.1, -0.05) is 104 Å². The molecule has 0 aliphatic carbocycles. The van der Waals surface area contributed by atoms with Crippen molar-refractivity contribution in [3.05, 3.63) is 60.7 Å². The lowest BCUT2D eigenvalue weighted by atomic mass is 10.1. The second kappa shape index (κ2) is 9.87. The van der Waals surface area contributed by atoms with Crippen LogP contribution in [0.5, 0.6) is 0 Å². The van der Waals surface area contributed by atoms with Crippen molar-refractivity contribution in [1.29, 1.82) is 0 Å². The molecule has 2 unspecified atom stereocenters. The van der Waals surface area contributed by atoms with Crippen molar-refractivity contribution in [1.82, 2.24) is 0 Å². The fraction of sp³-hybridized carbons (Fsp3) is 0.500. The molecule has 152 valence electrons. The Morgan fingerprint density at radius 2 is 1.61 bits per heavy atom. The van der Waals surface area contributed by atoms with Gasteiger partial charge in [0.25, 0.3) is 8.32 Å². The number of benzene rings is 2. The Morgan fingerprint density at radius 1 is 1.04 bits per heavy atom. The minimum Gasteiger partial charge on any atom is -0.407 e. The van der Waals surface area contributed by atoms with Gasteiger partial charge in [0.2, 0.25) is 0 Å². The Hall–Kier alpha value is -0.693. The third-order valence-corrected chi connectivity index (χ3v) is 12.2. The molecule has 2 aromatic carbocycles. The van der Waals surface area contributed by atoms with Gasteiger partial charge >= 0.3 is 0 Å². The first-order chi connectivity index (χ1) is 13.4. The number of halogens is 1. The van der Waals surface area contributed by atoms with Crippen molar-refractivity contribution >= 4 is 41.3 Å². The summed E-state index contributed by atoms with van der Waals surface area (Å²) in [4.78, 5) is 0. The van der Waals surface area contributed by atoms with Crippen LogP contribution in [-0.4, -0.2) is 31.6 Å². The third-order valence-electron chi connectivity index (χ3n) is 5.73. The van der Waals surface area contributed by atoms with Crippen molar-refractivity contribution < 1.29 is 9.16 Å². The lowest BCUT2D eigenvalue weighted by molar-refractivity contribution is 0.109. The van der Waals surface area contributed by atoms with Gasteiger partial charge in [0.1, 0.15) is 0 Å². The fourth-order valence-electron chi connectivity index (χ4n) is 4.34. The SMILES string of the molecule is CC(C)(C)[Si](OCCCC(I)C1CCCO1)(c1ccccc1)c1ccccc1. The molecule has 2 nitrogen and oxygen atoms in total. The molecule has 0 bridgehead atoms. The van der Waals surface area contributed by atoms with Gasteiger partial charge in [-0.3, -0.25) is 0 Å². The number of hydrogen-bond acceptors (Lipinski definition) is 2. The number of alkyl halides is 1. The van der Waals surface area contributed by atoms with Crippen molar-refractivity contribution in [3.8, 4) is 0 Å². The van der Waals surface area contributed by atoms with Gasteiger partial charge in [-0.2, -0.15) is 0 Å². The van der Waals surface area contributed by atoms with Gasteiger partial charge in [0.15, 0.2) is 0 Å². The first-order valence-corrected chi connectivity index (χ1v) is 13.6. The summed E-state index contributed by atoms with van der Waals surface area (Å²) in [6, 6.07) is 21.8. The van der Waals surface area contributed by atoms with Crippen LogP contribution < -0.4 is 10.4 Å². The van der Waals surface area contributed by atoms with Gasteiger partial charge in [-0.25, -0.2) is 0 Å². The maximum atomic E-state index is 6.97. The minimum atomic E-state index is -2.39. The molecular formula is C24H33IO2Si. The summed E-state index contributed by atoms with van der Waals surface area (Å²) >= 11 is 2.57. The Kier molecular flexibility index (Phi) is 7.76. The predicted molar refractivity (Wildman–Crippen MR) is 130 cm³/mol. The molecule has 0 N–H and O–H groups in total. The summed E-state index contributed by atoms with van der Waals surface area (Å²) in [6.45, 7) is 8.76. The van der Waals surface area contributed by atoms with Crippen LogP contribution in [0.25, 0.3) is 0 Å². The summed E-state index contributed by atoms with van der Waals surface area (Å²) in [5.41, 5.74) is 0. The third kappa shape index (κ3) is 4.89. The Labute approximate surface area is 185 Å². The van der Waals surface area contributed by atoms with E-state index in [-0.39, 0.29) is 5.04 Å². The Bertz CT molecular complexity index is 669. The zero-order chi connectivity index (χ0) is 20.0. The second-order valence-corrected chi connectivity index (χ2v) is 14.6. The van der Waals surface area contributed by atoms with Crippen molar-refractivity contribution in [2.45, 2.75) is 61.5 Å². The standard InChI is InChI=1S/C24H33IO2Si/c1-24(2,3)28(20-12-6-4-7-13-20,21-14-8-5-9-15-21)27-19-10-16-22(25)23-17-11-18-26-23/h4-9,12-15,22-23H,10-11,16-19H2,1-3H3. The molecule has 2 aromatic rings. The summed E-state index contributed by atoms with van der Waals surface area (Å²) < 4.78 is 13.4. The summed E-state index contributed by atoms with van der Waals surface area (Å²) in [7, 11) is -2.39. The van der Waals surface area contributed by atoms with Crippen molar-refractivity contribution in [3.63, 3.8) is 0 Å². The zero-order valence-corrected chi connectivity index (χ0v) is 20.5. The van der Waals surface area contributed by atoms with Crippen LogP contribution in [0.3, 0.4) is 0 Å². The van der Waals surface area contributed by atoms with Crippen LogP contribution in [0, 0.1) is 0 Å². The van der Waals surface area contributed by atoms with E-state index in [9.17, 15) is 0 Å². The molecule has 1 aliphatic heterocycles. The molecule has 1 heterocycles. The predicted octanol–water partition coefficient (Wildman–Crippen LogP) is 5.33. The number of rotatable bonds is 8. The molecule has 4 heteroatoms. The second-order valence-electron chi connectivity index (χ2n) is 8.72. The van der Waals surface area contributed by atoms with E-state index in [2.05, 4.69) is 104 Å². The smallest absolute Gasteiger partial charge is 0.261 e. The monoisotopic (exact) mass is 508 g/mol. The molecule has 2 atom stereocenters. The normalized spacial score (nSPS) is 18.9. The van der Waals surface area contributed by atoms with Crippen LogP contribution >= 0.6 is 22.6 Å². The fourth-order valence-corrected chi connectivity index (χ4v) is 9.95. The topological polar surface area (TPSA) is 18.5 Å². The van der Waals surface area contributed by atoms with Crippen LogP contribution in [-0.2, 0) is 9.16 Å². The molecule has 3 rings (SSSR count). The van der Waals surface area contributed by atoms with Gasteiger partial charge in [0, 0.05) is 17.1 Å². The van der Waals surface area contributed by atoms with Gasteiger partial charge in [0.05, 0.1) is 6.10 Å². The maximum Gasteiger partial charge on any atom is 0.261 e. The molecule has 0 saturated carbocycles. The molecule has 1 saturated heterocycles. The van der Waals surface area contributed by atoms with Gasteiger partial charge in [-0.15, -0.1) is 0 Å². The summed E-state index contributed by atoms with van der Waals surface area (Å²) in [5, 5.41) is 2.77. The molecule has 0 amide bonds. The van der Waals surface area contributed by atoms with Crippen molar-refractivity contribution in [2.75, 3.05) is 13.2 Å². The first-order valence-electron chi connectivity index (χ1n) is 10.5. The molecule has 28 heavy (non-hydrogen) atoms. The minimum absolute atomic E-state index is 0.0496. The quantitative estimate of drug-likeness (QED) is 0.208. The average molecular weight is 509 g/mol. The number of hydrogen-bond donors (Lipinski definition) is 0. The highest BCUT2D eigenvalue weighted by Gasteiger charge is 2.49. The number of ether oxygens (including phenoxy) is 1. The summed E-state index contributed by atoms with van der Waals surface area (Å²) in [6.07, 6.45) is 5.10. The van der Waals surface area contributed by atoms with E-state index in [0.29, 0.717) is 10.0 Å². The van der Waals surface area contributed by atoms with Crippen LogP contribution in [0.15, 0.2) is 60.7 Å². The van der Waals surface area contributed by atoms with Crippen LogP contribution in [0.2, 0.25) is 5.04 Å². The van der Waals surface area contributed by atoms with E-state index in [1.54, 1.807) is 0 Å². The van der Waals surface area contributed by atoms with Gasteiger partial charge in [-0.05, 0) is 41.1 Å². The highest BCUT2D eigenvalue weighted by molar-refractivity contribution is 14.1. The van der Waals surface area contributed by atoms with E-state index in [4.69, 9.17) is 9.16 Å². The maximum absolute atomic E-state index is 6.97. The highest BCUT2D eigenvalue weighted by atomic mass is 127. The molecule has 0 aromatic heterocycles.